The first-order valence-corrected chi connectivity index (χ1v) is 5.67. The fourth-order valence-electron chi connectivity index (χ4n) is 2.18. The zero-order chi connectivity index (χ0) is 10.4. The number of nitrogens with two attached hydrogens (primary N) is 1. The Morgan fingerprint density at radius 1 is 1.36 bits per heavy atom. The summed E-state index contributed by atoms with van der Waals surface area (Å²) in [7, 11) is 0. The maximum absolute atomic E-state index is 5.35. The van der Waals surface area contributed by atoms with Gasteiger partial charge in [0.15, 0.2) is 0 Å². The summed E-state index contributed by atoms with van der Waals surface area (Å²) >= 11 is 0. The Hall–Kier alpha value is -0.520. The van der Waals surface area contributed by atoms with Crippen LogP contribution in [0.1, 0.15) is 39.5 Å². The van der Waals surface area contributed by atoms with Gasteiger partial charge >= 0.3 is 0 Å². The first kappa shape index (κ1) is 11.6. The minimum atomic E-state index is 0.494. The normalized spacial score (nSPS) is 23.3. The van der Waals surface area contributed by atoms with Crippen LogP contribution in [0.3, 0.4) is 0 Å². The molecule has 1 fully saturated rings. The molecule has 0 amide bonds. The van der Waals surface area contributed by atoms with Gasteiger partial charge in [0.2, 0.25) is 0 Å². The van der Waals surface area contributed by atoms with Crippen molar-refractivity contribution in [2.24, 2.45) is 5.73 Å². The van der Waals surface area contributed by atoms with Crippen LogP contribution in [0.5, 0.6) is 0 Å². The van der Waals surface area contributed by atoms with Crippen LogP contribution in [0.25, 0.3) is 0 Å². The van der Waals surface area contributed by atoms with Gasteiger partial charge in [-0.25, -0.2) is 0 Å². The Morgan fingerprint density at radius 3 is 2.79 bits per heavy atom. The Labute approximate surface area is 87.8 Å². The molecule has 80 valence electrons. The third-order valence-electron chi connectivity index (χ3n) is 2.90. The summed E-state index contributed by atoms with van der Waals surface area (Å²) in [5, 5.41) is 0. The lowest BCUT2D eigenvalue weighted by atomic mass is 9.98. The van der Waals surface area contributed by atoms with Crippen molar-refractivity contribution in [2.45, 2.75) is 51.6 Å². The van der Waals surface area contributed by atoms with Crippen LogP contribution < -0.4 is 5.73 Å². The smallest absolute Gasteiger partial charge is 0.0551 e. The van der Waals surface area contributed by atoms with Gasteiger partial charge in [0, 0.05) is 18.5 Å². The molecule has 1 aliphatic rings. The predicted octanol–water partition coefficient (Wildman–Crippen LogP) is 1.60. The third-order valence-corrected chi connectivity index (χ3v) is 2.90. The summed E-state index contributed by atoms with van der Waals surface area (Å²) in [5.41, 5.74) is 5.35. The summed E-state index contributed by atoms with van der Waals surface area (Å²) in [4.78, 5) is 2.58. The standard InChI is InChI=1S/C12H22N2/c1-11(2)14-10-6-4-8-12(14)7-3-5-9-13/h11-12H,4,6-10,13H2,1-2H3. The van der Waals surface area contributed by atoms with Crippen LogP contribution >= 0.6 is 0 Å². The van der Waals surface area contributed by atoms with Gasteiger partial charge in [-0.3, -0.25) is 4.90 Å². The number of rotatable bonds is 2. The maximum atomic E-state index is 5.35. The fourth-order valence-corrected chi connectivity index (χ4v) is 2.18. The van der Waals surface area contributed by atoms with Crippen LogP contribution in [0.4, 0.5) is 0 Å². The highest BCUT2D eigenvalue weighted by Crippen LogP contribution is 2.21. The minimum Gasteiger partial charge on any atom is -0.320 e. The SMILES string of the molecule is CC(C)N1CCCCC1CC#CCN. The van der Waals surface area contributed by atoms with E-state index in [9.17, 15) is 0 Å². The molecule has 1 unspecified atom stereocenters. The van der Waals surface area contributed by atoms with Crippen molar-refractivity contribution in [3.63, 3.8) is 0 Å². The Kier molecular flexibility index (Phi) is 5.00. The molecule has 0 aromatic carbocycles. The lowest BCUT2D eigenvalue weighted by molar-refractivity contribution is 0.115. The van der Waals surface area contributed by atoms with Crippen molar-refractivity contribution < 1.29 is 0 Å². The molecule has 0 spiro atoms. The molecular formula is C12H22N2. The topological polar surface area (TPSA) is 29.3 Å². The van der Waals surface area contributed by atoms with Gasteiger partial charge in [-0.2, -0.15) is 0 Å². The quantitative estimate of drug-likeness (QED) is 0.677. The van der Waals surface area contributed by atoms with Crippen LogP contribution in [-0.2, 0) is 0 Å². The molecule has 2 nitrogen and oxygen atoms in total. The van der Waals surface area contributed by atoms with E-state index in [-0.39, 0.29) is 0 Å². The Balaban J connectivity index is 2.45. The highest BCUT2D eigenvalue weighted by Gasteiger charge is 2.23. The Morgan fingerprint density at radius 2 is 2.14 bits per heavy atom. The molecule has 2 N–H and O–H groups in total. The highest BCUT2D eigenvalue weighted by molar-refractivity contribution is 5.03. The van der Waals surface area contributed by atoms with E-state index >= 15 is 0 Å². The van der Waals surface area contributed by atoms with E-state index in [0.717, 1.165) is 6.42 Å². The van der Waals surface area contributed by atoms with Crippen LogP contribution in [0.2, 0.25) is 0 Å². The summed E-state index contributed by atoms with van der Waals surface area (Å²) in [5.74, 6) is 6.13. The first-order chi connectivity index (χ1) is 6.75. The second kappa shape index (κ2) is 6.06. The minimum absolute atomic E-state index is 0.494. The number of hydrogen-bond donors (Lipinski definition) is 1. The van der Waals surface area contributed by atoms with Crippen molar-refractivity contribution in [3.8, 4) is 11.8 Å². The zero-order valence-electron chi connectivity index (χ0n) is 9.42. The van der Waals surface area contributed by atoms with Gasteiger partial charge in [0.05, 0.1) is 6.54 Å². The summed E-state index contributed by atoms with van der Waals surface area (Å²) in [6, 6.07) is 1.32. The molecular weight excluding hydrogens is 172 g/mol. The van der Waals surface area contributed by atoms with Crippen molar-refractivity contribution in [3.05, 3.63) is 0 Å². The second-order valence-corrected chi connectivity index (χ2v) is 4.24. The van der Waals surface area contributed by atoms with E-state index < -0.39 is 0 Å². The van der Waals surface area contributed by atoms with E-state index in [1.807, 2.05) is 0 Å². The number of likely N-dealkylation sites (tertiary alicyclic amines) is 1. The summed E-state index contributed by atoms with van der Waals surface area (Å²) < 4.78 is 0. The molecule has 0 radical (unpaired) electrons. The zero-order valence-corrected chi connectivity index (χ0v) is 9.42. The number of hydrogen-bond acceptors (Lipinski definition) is 2. The van der Waals surface area contributed by atoms with Crippen molar-refractivity contribution >= 4 is 0 Å². The molecule has 0 saturated carbocycles. The van der Waals surface area contributed by atoms with Gasteiger partial charge in [0.1, 0.15) is 0 Å². The molecule has 1 aliphatic heterocycles. The largest absolute Gasteiger partial charge is 0.320 e. The van der Waals surface area contributed by atoms with Crippen LogP contribution in [0.15, 0.2) is 0 Å². The van der Waals surface area contributed by atoms with Gasteiger partial charge in [-0.1, -0.05) is 12.3 Å². The van der Waals surface area contributed by atoms with E-state index in [1.165, 1.54) is 25.8 Å². The van der Waals surface area contributed by atoms with E-state index in [2.05, 4.69) is 30.6 Å². The number of piperidine rings is 1. The van der Waals surface area contributed by atoms with Gasteiger partial charge in [-0.15, -0.1) is 5.92 Å². The fraction of sp³-hybridized carbons (Fsp3) is 0.833. The molecule has 14 heavy (non-hydrogen) atoms. The van der Waals surface area contributed by atoms with E-state index in [1.54, 1.807) is 0 Å². The van der Waals surface area contributed by atoms with E-state index in [0.29, 0.717) is 18.6 Å². The van der Waals surface area contributed by atoms with Gasteiger partial charge in [0.25, 0.3) is 0 Å². The molecule has 0 aliphatic carbocycles. The lowest BCUT2D eigenvalue weighted by Gasteiger charge is -2.37. The predicted molar refractivity (Wildman–Crippen MR) is 60.9 cm³/mol. The van der Waals surface area contributed by atoms with E-state index in [4.69, 9.17) is 5.73 Å². The molecule has 0 bridgehead atoms. The maximum Gasteiger partial charge on any atom is 0.0551 e. The Bertz CT molecular complexity index is 212. The molecule has 2 heteroatoms. The van der Waals surface area contributed by atoms with Crippen molar-refractivity contribution in [2.75, 3.05) is 13.1 Å². The van der Waals surface area contributed by atoms with Crippen LogP contribution in [0, 0.1) is 11.8 Å². The van der Waals surface area contributed by atoms with Crippen molar-refractivity contribution in [1.29, 1.82) is 0 Å². The monoisotopic (exact) mass is 194 g/mol. The van der Waals surface area contributed by atoms with Crippen molar-refractivity contribution in [1.82, 2.24) is 4.90 Å². The average molecular weight is 194 g/mol. The molecule has 1 rings (SSSR count). The summed E-state index contributed by atoms with van der Waals surface area (Å²) in [6.07, 6.45) is 5.00. The highest BCUT2D eigenvalue weighted by atomic mass is 15.2. The molecule has 1 heterocycles. The lowest BCUT2D eigenvalue weighted by Crippen LogP contribution is -2.43. The third kappa shape index (κ3) is 3.32. The first-order valence-electron chi connectivity index (χ1n) is 5.67. The second-order valence-electron chi connectivity index (χ2n) is 4.24. The molecule has 1 atom stereocenters. The average Bonchev–Trinajstić information content (AvgIpc) is 2.19. The molecule has 1 saturated heterocycles. The van der Waals surface area contributed by atoms with Gasteiger partial charge < -0.3 is 5.73 Å². The molecule has 0 aromatic heterocycles. The van der Waals surface area contributed by atoms with Crippen LogP contribution in [-0.4, -0.2) is 30.1 Å². The number of nitrogens with zero attached hydrogens (tertiary/aromatic N) is 1. The van der Waals surface area contributed by atoms with Gasteiger partial charge in [-0.05, 0) is 33.2 Å². The molecule has 0 aromatic rings. The summed E-state index contributed by atoms with van der Waals surface area (Å²) in [6.45, 7) is 6.28.